The Morgan fingerprint density at radius 3 is 2.85 bits per heavy atom. The van der Waals surface area contributed by atoms with Gasteiger partial charge in [-0.1, -0.05) is 11.3 Å². The van der Waals surface area contributed by atoms with Crippen LogP contribution in [0.2, 0.25) is 0 Å². The maximum Gasteiger partial charge on any atom is 0.413 e. The van der Waals surface area contributed by atoms with Crippen LogP contribution in [0.5, 0.6) is 0 Å². The van der Waals surface area contributed by atoms with Gasteiger partial charge in [0.05, 0.1) is 23.1 Å². The zero-order valence-electron chi connectivity index (χ0n) is 15.1. The standard InChI is InChI=1S/C16H21N7O2S/c1-5-22(16(24)25)14-8(2)12(21(4)20-14)11-13-10(6-7-17-11)18-15-23(13)19-9(3)26-15/h11,17H,5-7H2,1-4H3,(H,24,25). The van der Waals surface area contributed by atoms with Gasteiger partial charge in [-0.25, -0.2) is 14.3 Å². The number of imidazole rings is 1. The van der Waals surface area contributed by atoms with Gasteiger partial charge in [0.15, 0.2) is 5.82 Å². The maximum atomic E-state index is 11.6. The minimum absolute atomic E-state index is 0.131. The molecule has 10 heteroatoms. The number of aromatic nitrogens is 5. The molecule has 138 valence electrons. The zero-order valence-corrected chi connectivity index (χ0v) is 16.0. The van der Waals surface area contributed by atoms with Gasteiger partial charge in [0, 0.05) is 32.1 Å². The number of carboxylic acid groups (broad SMARTS) is 1. The molecule has 1 unspecified atom stereocenters. The molecule has 0 radical (unpaired) electrons. The van der Waals surface area contributed by atoms with Gasteiger partial charge >= 0.3 is 6.09 Å². The van der Waals surface area contributed by atoms with Crippen LogP contribution in [0, 0.1) is 13.8 Å². The Kier molecular flexibility index (Phi) is 3.96. The zero-order chi connectivity index (χ0) is 18.6. The summed E-state index contributed by atoms with van der Waals surface area (Å²) in [7, 11) is 1.85. The highest BCUT2D eigenvalue weighted by atomic mass is 32.1. The van der Waals surface area contributed by atoms with Crippen LogP contribution in [0.3, 0.4) is 0 Å². The second-order valence-electron chi connectivity index (χ2n) is 6.38. The van der Waals surface area contributed by atoms with Crippen molar-refractivity contribution in [3.63, 3.8) is 0 Å². The largest absolute Gasteiger partial charge is 0.465 e. The molecule has 1 aliphatic rings. The fourth-order valence-electron chi connectivity index (χ4n) is 3.70. The van der Waals surface area contributed by atoms with E-state index >= 15 is 0 Å². The molecule has 0 aromatic carbocycles. The molecule has 0 spiro atoms. The number of hydrogen-bond acceptors (Lipinski definition) is 6. The molecule has 4 rings (SSSR count). The molecule has 0 aliphatic carbocycles. The van der Waals surface area contributed by atoms with E-state index in [1.807, 2.05) is 25.4 Å². The summed E-state index contributed by atoms with van der Waals surface area (Å²) in [5.74, 6) is 0.474. The Balaban J connectivity index is 1.88. The smallest absolute Gasteiger partial charge is 0.413 e. The maximum absolute atomic E-state index is 11.6. The van der Waals surface area contributed by atoms with Crippen molar-refractivity contribution in [3.05, 3.63) is 27.7 Å². The first-order chi connectivity index (χ1) is 12.4. The number of anilines is 1. The summed E-state index contributed by atoms with van der Waals surface area (Å²) >= 11 is 1.57. The summed E-state index contributed by atoms with van der Waals surface area (Å²) in [6.45, 7) is 6.84. The molecule has 2 N–H and O–H groups in total. The van der Waals surface area contributed by atoms with E-state index in [1.54, 1.807) is 22.9 Å². The second-order valence-corrected chi connectivity index (χ2v) is 7.54. The number of hydrogen-bond donors (Lipinski definition) is 2. The third-order valence-corrected chi connectivity index (χ3v) is 5.61. The highest BCUT2D eigenvalue weighted by Gasteiger charge is 2.33. The number of rotatable bonds is 3. The molecule has 26 heavy (non-hydrogen) atoms. The summed E-state index contributed by atoms with van der Waals surface area (Å²) < 4.78 is 3.68. The highest BCUT2D eigenvalue weighted by Crippen LogP contribution is 2.35. The first-order valence-corrected chi connectivity index (χ1v) is 9.36. The number of nitrogens with zero attached hydrogens (tertiary/aromatic N) is 6. The third kappa shape index (κ3) is 2.40. The van der Waals surface area contributed by atoms with E-state index < -0.39 is 6.09 Å². The quantitative estimate of drug-likeness (QED) is 0.725. The van der Waals surface area contributed by atoms with E-state index in [1.165, 1.54) is 4.90 Å². The van der Waals surface area contributed by atoms with Crippen LogP contribution < -0.4 is 10.2 Å². The van der Waals surface area contributed by atoms with Crippen molar-refractivity contribution < 1.29 is 9.90 Å². The van der Waals surface area contributed by atoms with Crippen LogP contribution in [-0.2, 0) is 13.5 Å². The van der Waals surface area contributed by atoms with Crippen LogP contribution in [0.4, 0.5) is 10.6 Å². The van der Waals surface area contributed by atoms with E-state index in [2.05, 4.69) is 15.5 Å². The van der Waals surface area contributed by atoms with E-state index in [0.717, 1.165) is 45.6 Å². The lowest BCUT2D eigenvalue weighted by Crippen LogP contribution is -2.33. The molecule has 1 atom stereocenters. The average Bonchev–Trinajstić information content (AvgIpc) is 3.18. The summed E-state index contributed by atoms with van der Waals surface area (Å²) in [5.41, 5.74) is 3.85. The van der Waals surface area contributed by atoms with Gasteiger partial charge in [0.2, 0.25) is 4.96 Å². The lowest BCUT2D eigenvalue weighted by Gasteiger charge is -2.24. The van der Waals surface area contributed by atoms with Gasteiger partial charge in [-0.3, -0.25) is 9.58 Å². The van der Waals surface area contributed by atoms with Gasteiger partial charge in [-0.15, -0.1) is 0 Å². The molecule has 0 saturated heterocycles. The van der Waals surface area contributed by atoms with Crippen molar-refractivity contribution in [3.8, 4) is 0 Å². The molecule has 4 heterocycles. The van der Waals surface area contributed by atoms with Crippen LogP contribution in [0.1, 0.15) is 40.6 Å². The summed E-state index contributed by atoms with van der Waals surface area (Å²) in [6, 6.07) is -0.131. The van der Waals surface area contributed by atoms with Gasteiger partial charge < -0.3 is 10.4 Å². The normalized spacial score (nSPS) is 16.8. The average molecular weight is 375 g/mol. The van der Waals surface area contributed by atoms with E-state index in [-0.39, 0.29) is 6.04 Å². The number of aryl methyl sites for hydroxylation is 2. The summed E-state index contributed by atoms with van der Waals surface area (Å²) in [6.07, 6.45) is -0.152. The molecule has 1 aliphatic heterocycles. The Morgan fingerprint density at radius 2 is 2.15 bits per heavy atom. The fraction of sp³-hybridized carbons (Fsp3) is 0.500. The third-order valence-electron chi connectivity index (χ3n) is 4.79. The van der Waals surface area contributed by atoms with Gasteiger partial charge in [-0.2, -0.15) is 10.2 Å². The Labute approximate surface area is 154 Å². The van der Waals surface area contributed by atoms with Crippen LogP contribution >= 0.6 is 11.3 Å². The van der Waals surface area contributed by atoms with Crippen LogP contribution in [0.25, 0.3) is 4.96 Å². The SMILES string of the molecule is CCN(C(=O)O)c1nn(C)c(C2NCCc3nc4sc(C)nn4c32)c1C. The predicted molar refractivity (Wildman–Crippen MR) is 98.1 cm³/mol. The monoisotopic (exact) mass is 375 g/mol. The minimum Gasteiger partial charge on any atom is -0.465 e. The number of nitrogens with one attached hydrogen (secondary N) is 1. The number of amides is 1. The van der Waals surface area contributed by atoms with Crippen molar-refractivity contribution in [2.45, 2.75) is 33.2 Å². The molecule has 1 amide bonds. The molecule has 3 aromatic heterocycles. The highest BCUT2D eigenvalue weighted by molar-refractivity contribution is 7.16. The van der Waals surface area contributed by atoms with E-state index in [4.69, 9.17) is 4.98 Å². The minimum atomic E-state index is -1.00. The number of fused-ring (bicyclic) bond motifs is 3. The molecule has 0 saturated carbocycles. The van der Waals surface area contributed by atoms with Crippen LogP contribution in [-0.4, -0.2) is 48.7 Å². The molecule has 0 fully saturated rings. The molecular formula is C16H21N7O2S. The van der Waals surface area contributed by atoms with Crippen molar-refractivity contribution >= 4 is 28.2 Å². The lowest BCUT2D eigenvalue weighted by atomic mass is 9.99. The Morgan fingerprint density at radius 1 is 1.38 bits per heavy atom. The molecular weight excluding hydrogens is 354 g/mol. The van der Waals surface area contributed by atoms with E-state index in [0.29, 0.717) is 12.4 Å². The van der Waals surface area contributed by atoms with Gasteiger partial charge in [-0.05, 0) is 20.8 Å². The number of carbonyl (C=O) groups is 1. The summed E-state index contributed by atoms with van der Waals surface area (Å²) in [5, 5.41) is 23.1. The summed E-state index contributed by atoms with van der Waals surface area (Å²) in [4.78, 5) is 18.4. The van der Waals surface area contributed by atoms with Crippen molar-refractivity contribution in [2.75, 3.05) is 18.0 Å². The van der Waals surface area contributed by atoms with Gasteiger partial charge in [0.1, 0.15) is 5.01 Å². The Bertz CT molecular complexity index is 1000. The first kappa shape index (κ1) is 17.0. The van der Waals surface area contributed by atoms with Gasteiger partial charge in [0.25, 0.3) is 0 Å². The topological polar surface area (TPSA) is 101 Å². The molecule has 0 bridgehead atoms. The van der Waals surface area contributed by atoms with Crippen molar-refractivity contribution in [1.82, 2.24) is 29.7 Å². The van der Waals surface area contributed by atoms with Crippen molar-refractivity contribution in [2.24, 2.45) is 7.05 Å². The Hall–Kier alpha value is -2.46. The first-order valence-electron chi connectivity index (χ1n) is 8.54. The van der Waals surface area contributed by atoms with Crippen molar-refractivity contribution in [1.29, 1.82) is 0 Å². The lowest BCUT2D eigenvalue weighted by molar-refractivity contribution is 0.202. The van der Waals surface area contributed by atoms with Crippen LogP contribution in [0.15, 0.2) is 0 Å². The second kappa shape index (κ2) is 6.06. The molecule has 9 nitrogen and oxygen atoms in total. The molecule has 3 aromatic rings. The fourth-order valence-corrected chi connectivity index (χ4v) is 4.46. The van der Waals surface area contributed by atoms with E-state index in [9.17, 15) is 9.90 Å². The predicted octanol–water partition coefficient (Wildman–Crippen LogP) is 1.88.